The number of carbonyl (C=O) groups excluding carboxylic acids is 1. The summed E-state index contributed by atoms with van der Waals surface area (Å²) < 4.78 is 0. The molecule has 0 fully saturated rings. The summed E-state index contributed by atoms with van der Waals surface area (Å²) >= 11 is 5.88. The molecule has 0 atom stereocenters. The maximum atomic E-state index is 10.4. The maximum absolute atomic E-state index is 10.4. The van der Waals surface area contributed by atoms with Gasteiger partial charge in [-0.15, -0.1) is 0 Å². The number of aldehydes is 1. The van der Waals surface area contributed by atoms with Gasteiger partial charge in [0.05, 0.1) is 0 Å². The molecule has 14 heavy (non-hydrogen) atoms. The van der Waals surface area contributed by atoms with Crippen molar-refractivity contribution in [1.82, 2.24) is 0 Å². The maximum Gasteiger partial charge on any atom is 0.124 e. The summed E-state index contributed by atoms with van der Waals surface area (Å²) in [5.74, 6) is 0. The molecule has 2 aromatic carbocycles. The monoisotopic (exact) mass is 204 g/mol. The van der Waals surface area contributed by atoms with Gasteiger partial charge in [-0.1, -0.05) is 35.9 Å². The van der Waals surface area contributed by atoms with Gasteiger partial charge >= 0.3 is 0 Å². The Morgan fingerprint density at radius 2 is 1.86 bits per heavy atom. The van der Waals surface area contributed by atoms with Gasteiger partial charge in [-0.25, -0.2) is 0 Å². The fourth-order valence-electron chi connectivity index (χ4n) is 1.49. The smallest absolute Gasteiger partial charge is 0.124 e. The molecule has 0 radical (unpaired) electrons. The molecule has 2 aromatic rings. The standard InChI is InChI=1S/C12H9ClO/c13-12-4-3-10-2-1-9(5-6-14)7-11(10)8-12/h1-4,6-8H,5H2. The summed E-state index contributed by atoms with van der Waals surface area (Å²) in [4.78, 5) is 10.4. The molecule has 1 nitrogen and oxygen atoms in total. The Morgan fingerprint density at radius 3 is 2.64 bits per heavy atom. The molecule has 0 amide bonds. The second-order valence-corrected chi connectivity index (χ2v) is 3.63. The Morgan fingerprint density at radius 1 is 1.07 bits per heavy atom. The van der Waals surface area contributed by atoms with E-state index in [9.17, 15) is 4.79 Å². The lowest BCUT2D eigenvalue weighted by molar-refractivity contribution is -0.107. The predicted molar refractivity (Wildman–Crippen MR) is 58.7 cm³/mol. The number of hydrogen-bond acceptors (Lipinski definition) is 1. The van der Waals surface area contributed by atoms with Gasteiger partial charge in [0.1, 0.15) is 6.29 Å². The molecule has 0 aliphatic carbocycles. The summed E-state index contributed by atoms with van der Waals surface area (Å²) in [6.07, 6.45) is 1.37. The predicted octanol–water partition coefficient (Wildman–Crippen LogP) is 3.23. The van der Waals surface area contributed by atoms with E-state index in [1.54, 1.807) is 0 Å². The van der Waals surface area contributed by atoms with Gasteiger partial charge in [-0.2, -0.15) is 0 Å². The van der Waals surface area contributed by atoms with E-state index in [0.717, 1.165) is 27.6 Å². The van der Waals surface area contributed by atoms with Crippen molar-refractivity contribution in [2.45, 2.75) is 6.42 Å². The van der Waals surface area contributed by atoms with Crippen molar-refractivity contribution in [1.29, 1.82) is 0 Å². The molecule has 0 saturated carbocycles. The highest BCUT2D eigenvalue weighted by atomic mass is 35.5. The van der Waals surface area contributed by atoms with Crippen molar-refractivity contribution in [3.8, 4) is 0 Å². The summed E-state index contributed by atoms with van der Waals surface area (Å²) in [5, 5.41) is 2.95. The zero-order valence-corrected chi connectivity index (χ0v) is 8.29. The van der Waals surface area contributed by atoms with Crippen molar-refractivity contribution >= 4 is 28.7 Å². The average molecular weight is 205 g/mol. The third kappa shape index (κ3) is 1.78. The van der Waals surface area contributed by atoms with Crippen LogP contribution in [0.5, 0.6) is 0 Å². The lowest BCUT2D eigenvalue weighted by Gasteiger charge is -2.00. The second kappa shape index (κ2) is 3.81. The van der Waals surface area contributed by atoms with Crippen LogP contribution in [0.2, 0.25) is 5.02 Å². The molecule has 0 heterocycles. The molecular formula is C12H9ClO. The molecule has 0 unspecified atom stereocenters. The van der Waals surface area contributed by atoms with Crippen LogP contribution >= 0.6 is 11.6 Å². The number of hydrogen-bond donors (Lipinski definition) is 0. The molecule has 0 aliphatic rings. The van der Waals surface area contributed by atoms with Crippen molar-refractivity contribution in [2.75, 3.05) is 0 Å². The minimum atomic E-state index is 0.461. The first-order valence-electron chi connectivity index (χ1n) is 4.41. The Hall–Kier alpha value is -1.34. The molecule has 70 valence electrons. The van der Waals surface area contributed by atoms with E-state index in [-0.39, 0.29) is 0 Å². The molecular weight excluding hydrogens is 196 g/mol. The van der Waals surface area contributed by atoms with Gasteiger partial charge in [-0.3, -0.25) is 0 Å². The molecule has 2 heteroatoms. The number of halogens is 1. The highest BCUT2D eigenvalue weighted by Gasteiger charge is 1.96. The zero-order chi connectivity index (χ0) is 9.97. The van der Waals surface area contributed by atoms with Gasteiger partial charge in [-0.05, 0) is 28.5 Å². The molecule has 0 N–H and O–H groups in total. The Bertz CT molecular complexity index is 477. The highest BCUT2D eigenvalue weighted by molar-refractivity contribution is 6.31. The summed E-state index contributed by atoms with van der Waals surface area (Å²) in [6.45, 7) is 0. The van der Waals surface area contributed by atoms with E-state index in [2.05, 4.69) is 0 Å². The van der Waals surface area contributed by atoms with Gasteiger partial charge < -0.3 is 4.79 Å². The van der Waals surface area contributed by atoms with Gasteiger partial charge in [0.15, 0.2) is 0 Å². The van der Waals surface area contributed by atoms with Crippen LogP contribution < -0.4 is 0 Å². The van der Waals surface area contributed by atoms with Gasteiger partial charge in [0.25, 0.3) is 0 Å². The fraction of sp³-hybridized carbons (Fsp3) is 0.0833. The first kappa shape index (κ1) is 9.22. The van der Waals surface area contributed by atoms with Crippen molar-refractivity contribution in [2.24, 2.45) is 0 Å². The zero-order valence-electron chi connectivity index (χ0n) is 7.53. The van der Waals surface area contributed by atoms with E-state index >= 15 is 0 Å². The van der Waals surface area contributed by atoms with Crippen LogP contribution in [0, 0.1) is 0 Å². The third-order valence-corrected chi connectivity index (χ3v) is 2.42. The highest BCUT2D eigenvalue weighted by Crippen LogP contribution is 2.20. The second-order valence-electron chi connectivity index (χ2n) is 3.20. The largest absolute Gasteiger partial charge is 0.303 e. The van der Waals surface area contributed by atoms with E-state index in [1.807, 2.05) is 36.4 Å². The molecule has 0 aliphatic heterocycles. The van der Waals surface area contributed by atoms with Crippen LogP contribution in [0.1, 0.15) is 5.56 Å². The summed E-state index contributed by atoms with van der Waals surface area (Å²) in [5.41, 5.74) is 1.02. The van der Waals surface area contributed by atoms with E-state index in [4.69, 9.17) is 11.6 Å². The number of fused-ring (bicyclic) bond motifs is 1. The fourth-order valence-corrected chi connectivity index (χ4v) is 1.67. The third-order valence-electron chi connectivity index (χ3n) is 2.19. The van der Waals surface area contributed by atoms with Crippen molar-refractivity contribution in [3.05, 3.63) is 47.0 Å². The lowest BCUT2D eigenvalue weighted by Crippen LogP contribution is -1.85. The molecule has 0 bridgehead atoms. The molecule has 0 spiro atoms. The van der Waals surface area contributed by atoms with Crippen LogP contribution in [0.15, 0.2) is 36.4 Å². The quantitative estimate of drug-likeness (QED) is 0.687. The van der Waals surface area contributed by atoms with Crippen molar-refractivity contribution in [3.63, 3.8) is 0 Å². The summed E-state index contributed by atoms with van der Waals surface area (Å²) in [7, 11) is 0. The van der Waals surface area contributed by atoms with Gasteiger partial charge in [0, 0.05) is 11.4 Å². The Balaban J connectivity index is 2.57. The van der Waals surface area contributed by atoms with E-state index in [0.29, 0.717) is 6.42 Å². The number of rotatable bonds is 2. The van der Waals surface area contributed by atoms with E-state index in [1.165, 1.54) is 0 Å². The lowest BCUT2D eigenvalue weighted by atomic mass is 10.1. The van der Waals surface area contributed by atoms with Gasteiger partial charge in [0.2, 0.25) is 0 Å². The topological polar surface area (TPSA) is 17.1 Å². The molecule has 0 saturated heterocycles. The average Bonchev–Trinajstić information content (AvgIpc) is 2.17. The molecule has 0 aromatic heterocycles. The summed E-state index contributed by atoms with van der Waals surface area (Å²) in [6, 6.07) is 11.7. The number of benzene rings is 2. The number of carbonyl (C=O) groups is 1. The minimum Gasteiger partial charge on any atom is -0.303 e. The van der Waals surface area contributed by atoms with E-state index < -0.39 is 0 Å². The molecule has 2 rings (SSSR count). The minimum absolute atomic E-state index is 0.461. The van der Waals surface area contributed by atoms with Crippen LogP contribution in [0.25, 0.3) is 10.8 Å². The first-order valence-corrected chi connectivity index (χ1v) is 4.79. The first-order chi connectivity index (χ1) is 6.79. The van der Waals surface area contributed by atoms with Crippen LogP contribution in [-0.4, -0.2) is 6.29 Å². The van der Waals surface area contributed by atoms with Crippen LogP contribution in [-0.2, 0) is 11.2 Å². The Labute approximate surface area is 87.3 Å². The normalized spacial score (nSPS) is 10.4. The SMILES string of the molecule is O=CCc1ccc2ccc(Cl)cc2c1. The van der Waals surface area contributed by atoms with Crippen LogP contribution in [0.4, 0.5) is 0 Å². The van der Waals surface area contributed by atoms with Crippen molar-refractivity contribution < 1.29 is 4.79 Å². The Kier molecular flexibility index (Phi) is 2.51. The van der Waals surface area contributed by atoms with Crippen LogP contribution in [0.3, 0.4) is 0 Å².